The summed E-state index contributed by atoms with van der Waals surface area (Å²) in [5.74, 6) is 0.376. The third-order valence-electron chi connectivity index (χ3n) is 4.38. The highest BCUT2D eigenvalue weighted by molar-refractivity contribution is 5.82. The summed E-state index contributed by atoms with van der Waals surface area (Å²) in [6, 6.07) is 0.422. The maximum atomic E-state index is 12.5. The second-order valence-corrected chi connectivity index (χ2v) is 5.68. The lowest BCUT2D eigenvalue weighted by Crippen LogP contribution is -2.47. The molecule has 16 heavy (non-hydrogen) atoms. The van der Waals surface area contributed by atoms with Crippen molar-refractivity contribution in [3.63, 3.8) is 0 Å². The molecule has 0 bridgehead atoms. The van der Waals surface area contributed by atoms with Crippen molar-refractivity contribution in [2.24, 2.45) is 5.41 Å². The van der Waals surface area contributed by atoms with E-state index in [9.17, 15) is 4.79 Å². The number of hydrogen-bond donors (Lipinski definition) is 1. The second kappa shape index (κ2) is 4.74. The summed E-state index contributed by atoms with van der Waals surface area (Å²) in [6.07, 6.45) is 7.01. The summed E-state index contributed by atoms with van der Waals surface area (Å²) >= 11 is 0. The van der Waals surface area contributed by atoms with Crippen LogP contribution in [0.3, 0.4) is 0 Å². The van der Waals surface area contributed by atoms with E-state index >= 15 is 0 Å². The smallest absolute Gasteiger partial charge is 0.228 e. The van der Waals surface area contributed by atoms with Crippen molar-refractivity contribution in [2.45, 2.75) is 51.5 Å². The van der Waals surface area contributed by atoms with Crippen LogP contribution in [0.4, 0.5) is 0 Å². The van der Waals surface area contributed by atoms with E-state index in [1.165, 1.54) is 19.3 Å². The SMILES string of the molecule is CN(C(=O)C1(C)CCCCC1)C1CCNC1. The summed E-state index contributed by atoms with van der Waals surface area (Å²) in [5, 5.41) is 3.33. The van der Waals surface area contributed by atoms with E-state index in [2.05, 4.69) is 12.2 Å². The predicted octanol–water partition coefficient (Wildman–Crippen LogP) is 1.78. The van der Waals surface area contributed by atoms with Gasteiger partial charge in [0, 0.05) is 25.0 Å². The van der Waals surface area contributed by atoms with Crippen LogP contribution in [0.15, 0.2) is 0 Å². The molecular weight excluding hydrogens is 200 g/mol. The molecule has 3 nitrogen and oxygen atoms in total. The molecule has 1 amide bonds. The number of hydrogen-bond acceptors (Lipinski definition) is 2. The molecule has 0 spiro atoms. The average Bonchev–Trinajstić information content (AvgIpc) is 2.81. The van der Waals surface area contributed by atoms with Crippen molar-refractivity contribution in [3.05, 3.63) is 0 Å². The van der Waals surface area contributed by atoms with E-state index in [1.54, 1.807) is 0 Å². The Kier molecular flexibility index (Phi) is 3.53. The van der Waals surface area contributed by atoms with Crippen molar-refractivity contribution in [1.82, 2.24) is 10.2 Å². The zero-order valence-corrected chi connectivity index (χ0v) is 10.6. The summed E-state index contributed by atoms with van der Waals surface area (Å²) in [4.78, 5) is 14.5. The van der Waals surface area contributed by atoms with E-state index in [1.807, 2.05) is 11.9 Å². The largest absolute Gasteiger partial charge is 0.341 e. The van der Waals surface area contributed by atoms with Gasteiger partial charge in [-0.1, -0.05) is 26.2 Å². The number of nitrogens with one attached hydrogen (secondary N) is 1. The topological polar surface area (TPSA) is 32.3 Å². The van der Waals surface area contributed by atoms with Gasteiger partial charge in [0.25, 0.3) is 0 Å². The van der Waals surface area contributed by atoms with Gasteiger partial charge in [-0.2, -0.15) is 0 Å². The van der Waals surface area contributed by atoms with E-state index in [-0.39, 0.29) is 5.41 Å². The fraction of sp³-hybridized carbons (Fsp3) is 0.923. The molecule has 1 aliphatic heterocycles. The van der Waals surface area contributed by atoms with Gasteiger partial charge in [-0.25, -0.2) is 0 Å². The minimum absolute atomic E-state index is 0.0738. The van der Waals surface area contributed by atoms with E-state index in [0.717, 1.165) is 32.4 Å². The highest BCUT2D eigenvalue weighted by Gasteiger charge is 2.38. The van der Waals surface area contributed by atoms with Gasteiger partial charge in [0.15, 0.2) is 0 Å². The van der Waals surface area contributed by atoms with Crippen molar-refractivity contribution in [3.8, 4) is 0 Å². The standard InChI is InChI=1S/C13H24N2O/c1-13(7-4-3-5-8-13)12(16)15(2)11-6-9-14-10-11/h11,14H,3-10H2,1-2H3. The van der Waals surface area contributed by atoms with Crippen molar-refractivity contribution >= 4 is 5.91 Å². The van der Waals surface area contributed by atoms with Crippen LogP contribution in [0, 0.1) is 5.41 Å². The minimum Gasteiger partial charge on any atom is -0.341 e. The molecule has 0 aromatic carbocycles. The molecule has 92 valence electrons. The first kappa shape index (κ1) is 11.9. The molecule has 0 radical (unpaired) electrons. The van der Waals surface area contributed by atoms with E-state index in [0.29, 0.717) is 11.9 Å². The van der Waals surface area contributed by atoms with Crippen LogP contribution in [-0.4, -0.2) is 37.0 Å². The van der Waals surface area contributed by atoms with Gasteiger partial charge in [0.2, 0.25) is 5.91 Å². The van der Waals surface area contributed by atoms with Gasteiger partial charge in [0.05, 0.1) is 0 Å². The molecule has 0 aromatic rings. The minimum atomic E-state index is -0.0738. The Balaban J connectivity index is 1.99. The normalized spacial score (nSPS) is 29.0. The molecule has 2 aliphatic rings. The highest BCUT2D eigenvalue weighted by atomic mass is 16.2. The van der Waals surface area contributed by atoms with Crippen LogP contribution in [-0.2, 0) is 4.79 Å². The zero-order valence-electron chi connectivity index (χ0n) is 10.6. The van der Waals surface area contributed by atoms with Gasteiger partial charge in [-0.15, -0.1) is 0 Å². The first-order valence-electron chi connectivity index (χ1n) is 6.61. The Morgan fingerprint density at radius 3 is 2.56 bits per heavy atom. The molecule has 1 heterocycles. The first-order chi connectivity index (χ1) is 7.63. The number of rotatable bonds is 2. The number of likely N-dealkylation sites (N-methyl/N-ethyl adjacent to an activating group) is 1. The average molecular weight is 224 g/mol. The monoisotopic (exact) mass is 224 g/mol. The molecule has 2 fully saturated rings. The van der Waals surface area contributed by atoms with Crippen molar-refractivity contribution < 1.29 is 4.79 Å². The maximum absolute atomic E-state index is 12.5. The molecule has 0 aromatic heterocycles. The molecule has 1 aliphatic carbocycles. The molecule has 1 N–H and O–H groups in total. The fourth-order valence-corrected chi connectivity index (χ4v) is 3.11. The summed E-state index contributed by atoms with van der Waals surface area (Å²) in [5.41, 5.74) is -0.0738. The van der Waals surface area contributed by atoms with E-state index in [4.69, 9.17) is 0 Å². The Hall–Kier alpha value is -0.570. The van der Waals surface area contributed by atoms with Crippen LogP contribution in [0.2, 0.25) is 0 Å². The van der Waals surface area contributed by atoms with Crippen LogP contribution in [0.1, 0.15) is 45.4 Å². The molecule has 1 saturated carbocycles. The Labute approximate surface area is 98.6 Å². The molecule has 1 saturated heterocycles. The van der Waals surface area contributed by atoms with Gasteiger partial charge < -0.3 is 10.2 Å². The summed E-state index contributed by atoms with van der Waals surface area (Å²) in [7, 11) is 1.99. The Morgan fingerprint density at radius 1 is 1.31 bits per heavy atom. The van der Waals surface area contributed by atoms with Gasteiger partial charge in [-0.3, -0.25) is 4.79 Å². The second-order valence-electron chi connectivity index (χ2n) is 5.68. The van der Waals surface area contributed by atoms with Gasteiger partial charge in [-0.05, 0) is 25.8 Å². The molecule has 2 rings (SSSR count). The van der Waals surface area contributed by atoms with Crippen LogP contribution in [0.25, 0.3) is 0 Å². The van der Waals surface area contributed by atoms with Crippen molar-refractivity contribution in [2.75, 3.05) is 20.1 Å². The third-order valence-corrected chi connectivity index (χ3v) is 4.38. The third kappa shape index (κ3) is 2.24. The van der Waals surface area contributed by atoms with Crippen LogP contribution < -0.4 is 5.32 Å². The quantitative estimate of drug-likeness (QED) is 0.775. The lowest BCUT2D eigenvalue weighted by molar-refractivity contribution is -0.143. The summed E-state index contributed by atoms with van der Waals surface area (Å²) in [6.45, 7) is 4.19. The van der Waals surface area contributed by atoms with Crippen LogP contribution >= 0.6 is 0 Å². The lowest BCUT2D eigenvalue weighted by Gasteiger charge is -2.37. The number of carbonyl (C=O) groups excluding carboxylic acids is 1. The van der Waals surface area contributed by atoms with E-state index < -0.39 is 0 Å². The lowest BCUT2D eigenvalue weighted by atomic mass is 9.74. The zero-order chi connectivity index (χ0) is 11.6. The Morgan fingerprint density at radius 2 is 2.00 bits per heavy atom. The maximum Gasteiger partial charge on any atom is 0.228 e. The number of amides is 1. The predicted molar refractivity (Wildman–Crippen MR) is 65.2 cm³/mol. The number of carbonyl (C=O) groups is 1. The Bertz CT molecular complexity index is 253. The number of nitrogens with zero attached hydrogens (tertiary/aromatic N) is 1. The van der Waals surface area contributed by atoms with Gasteiger partial charge in [0.1, 0.15) is 0 Å². The molecule has 1 unspecified atom stereocenters. The van der Waals surface area contributed by atoms with Crippen molar-refractivity contribution in [1.29, 1.82) is 0 Å². The molecule has 3 heteroatoms. The van der Waals surface area contributed by atoms with Gasteiger partial charge >= 0.3 is 0 Å². The molecule has 1 atom stereocenters. The van der Waals surface area contributed by atoms with Crippen LogP contribution in [0.5, 0.6) is 0 Å². The summed E-state index contributed by atoms with van der Waals surface area (Å²) < 4.78 is 0. The fourth-order valence-electron chi connectivity index (χ4n) is 3.11. The first-order valence-corrected chi connectivity index (χ1v) is 6.61. The molecular formula is C13H24N2O. The highest BCUT2D eigenvalue weighted by Crippen LogP contribution is 2.37.